The highest BCUT2D eigenvalue weighted by Crippen LogP contribution is 2.64. The Balaban J connectivity index is 2.36. The van der Waals surface area contributed by atoms with Gasteiger partial charge in [0, 0.05) is 11.0 Å². The molecule has 0 radical (unpaired) electrons. The highest BCUT2D eigenvalue weighted by atomic mass is 16.3. The van der Waals surface area contributed by atoms with Crippen molar-refractivity contribution in [2.45, 2.75) is 65.9 Å². The van der Waals surface area contributed by atoms with Crippen molar-refractivity contribution in [3.05, 3.63) is 23.3 Å². The van der Waals surface area contributed by atoms with E-state index in [1.165, 1.54) is 5.57 Å². The Labute approximate surface area is 139 Å². The zero-order chi connectivity index (χ0) is 17.3. The van der Waals surface area contributed by atoms with Crippen molar-refractivity contribution in [3.8, 4) is 0 Å². The molecule has 0 spiro atoms. The zero-order valence-corrected chi connectivity index (χ0v) is 14.8. The number of carbonyl (C=O) groups excluding carboxylic acids is 2. The largest absolute Gasteiger partial charge is 0.392 e. The van der Waals surface area contributed by atoms with Crippen LogP contribution in [0.4, 0.5) is 0 Å². The second-order valence-corrected chi connectivity index (χ2v) is 7.91. The minimum Gasteiger partial charge on any atom is -0.392 e. The van der Waals surface area contributed by atoms with Gasteiger partial charge in [-0.2, -0.15) is 0 Å². The number of aliphatic hydroxyl groups excluding tert-OH is 1. The van der Waals surface area contributed by atoms with Crippen molar-refractivity contribution in [2.24, 2.45) is 22.7 Å². The first-order chi connectivity index (χ1) is 10.8. The standard InChI is InChI=1S/C20H30O3/c1-14(2)6-5-7-15(3)17-10-11-19(4)18(23)9-8-16(12-21)20(17,19)13-22/h6,8,12-13,15,17-18,23H,5,7,9-11H2,1-4H3/t15-,17+,18-,19+,20+/m0/s1. The Morgan fingerprint density at radius 2 is 2.13 bits per heavy atom. The molecule has 1 saturated carbocycles. The van der Waals surface area contributed by atoms with Crippen LogP contribution in [0.2, 0.25) is 0 Å². The molecule has 0 bridgehead atoms. The Kier molecular flexibility index (Phi) is 5.30. The number of aliphatic hydroxyl groups is 1. The van der Waals surface area contributed by atoms with E-state index in [4.69, 9.17) is 0 Å². The number of aldehydes is 2. The maximum atomic E-state index is 12.3. The van der Waals surface area contributed by atoms with Gasteiger partial charge in [-0.25, -0.2) is 0 Å². The molecule has 0 saturated heterocycles. The first-order valence-electron chi connectivity index (χ1n) is 8.77. The first-order valence-corrected chi connectivity index (χ1v) is 8.77. The van der Waals surface area contributed by atoms with Crippen molar-refractivity contribution >= 4 is 12.6 Å². The number of allylic oxidation sites excluding steroid dienone is 3. The molecule has 0 aromatic rings. The lowest BCUT2D eigenvalue weighted by atomic mass is 9.53. The number of rotatable bonds is 6. The maximum absolute atomic E-state index is 12.3. The van der Waals surface area contributed by atoms with Gasteiger partial charge in [0.25, 0.3) is 0 Å². The summed E-state index contributed by atoms with van der Waals surface area (Å²) in [7, 11) is 0. The lowest BCUT2D eigenvalue weighted by Gasteiger charge is -2.50. The molecular formula is C20H30O3. The fraction of sp³-hybridized carbons (Fsp3) is 0.700. The SMILES string of the molecule is CC(C)=CCC[C@H](C)[C@H]1CC[C@]2(C)[C@@H](O)CC=C(C=O)[C@]12C=O. The predicted molar refractivity (Wildman–Crippen MR) is 91.9 cm³/mol. The third-order valence-electron chi connectivity index (χ3n) is 6.45. The van der Waals surface area contributed by atoms with E-state index in [9.17, 15) is 14.7 Å². The molecule has 1 fully saturated rings. The summed E-state index contributed by atoms with van der Waals surface area (Å²) in [5, 5.41) is 10.6. The summed E-state index contributed by atoms with van der Waals surface area (Å²) in [6, 6.07) is 0. The van der Waals surface area contributed by atoms with Gasteiger partial charge >= 0.3 is 0 Å². The fourth-order valence-electron chi connectivity index (χ4n) is 4.97. The summed E-state index contributed by atoms with van der Waals surface area (Å²) < 4.78 is 0. The van der Waals surface area contributed by atoms with E-state index in [-0.39, 0.29) is 5.92 Å². The molecule has 2 aliphatic rings. The van der Waals surface area contributed by atoms with Crippen LogP contribution in [0.3, 0.4) is 0 Å². The smallest absolute Gasteiger partial charge is 0.146 e. The van der Waals surface area contributed by atoms with Crippen LogP contribution in [0, 0.1) is 22.7 Å². The summed E-state index contributed by atoms with van der Waals surface area (Å²) >= 11 is 0. The molecule has 0 aromatic carbocycles. The fourth-order valence-corrected chi connectivity index (χ4v) is 4.97. The second-order valence-electron chi connectivity index (χ2n) is 7.91. The lowest BCUT2D eigenvalue weighted by Crippen LogP contribution is -2.53. The molecule has 23 heavy (non-hydrogen) atoms. The Bertz CT molecular complexity index is 529. The van der Waals surface area contributed by atoms with E-state index < -0.39 is 16.9 Å². The van der Waals surface area contributed by atoms with Gasteiger partial charge in [0.2, 0.25) is 0 Å². The minimum absolute atomic E-state index is 0.127. The van der Waals surface area contributed by atoms with Crippen LogP contribution >= 0.6 is 0 Å². The highest BCUT2D eigenvalue weighted by molar-refractivity contribution is 5.86. The Morgan fingerprint density at radius 3 is 2.70 bits per heavy atom. The van der Waals surface area contributed by atoms with Gasteiger partial charge in [0.1, 0.15) is 12.6 Å². The van der Waals surface area contributed by atoms with Gasteiger partial charge in [-0.05, 0) is 57.8 Å². The summed E-state index contributed by atoms with van der Waals surface area (Å²) in [4.78, 5) is 23.9. The molecule has 1 N–H and O–H groups in total. The van der Waals surface area contributed by atoms with Crippen LogP contribution in [0.1, 0.15) is 59.8 Å². The summed E-state index contributed by atoms with van der Waals surface area (Å²) in [5.74, 6) is 0.466. The number of hydrogen-bond acceptors (Lipinski definition) is 3. The third-order valence-corrected chi connectivity index (χ3v) is 6.45. The molecule has 3 heteroatoms. The van der Waals surface area contributed by atoms with E-state index >= 15 is 0 Å². The zero-order valence-electron chi connectivity index (χ0n) is 14.8. The third kappa shape index (κ3) is 2.73. The normalized spacial score (nSPS) is 37.5. The molecule has 128 valence electrons. The van der Waals surface area contributed by atoms with E-state index in [1.54, 1.807) is 6.08 Å². The van der Waals surface area contributed by atoms with E-state index in [0.717, 1.165) is 38.3 Å². The molecule has 0 aliphatic heterocycles. The van der Waals surface area contributed by atoms with Crippen molar-refractivity contribution in [2.75, 3.05) is 0 Å². The summed E-state index contributed by atoms with van der Waals surface area (Å²) in [6.07, 6.45) is 9.45. The van der Waals surface area contributed by atoms with E-state index in [2.05, 4.69) is 26.8 Å². The van der Waals surface area contributed by atoms with Crippen LogP contribution in [-0.2, 0) is 9.59 Å². The molecule has 2 rings (SSSR count). The average Bonchev–Trinajstić information content (AvgIpc) is 2.83. The number of carbonyl (C=O) groups is 2. The van der Waals surface area contributed by atoms with Gasteiger partial charge in [-0.15, -0.1) is 0 Å². The summed E-state index contributed by atoms with van der Waals surface area (Å²) in [5.41, 5.74) is 0.559. The second kappa shape index (κ2) is 6.72. The Morgan fingerprint density at radius 1 is 1.43 bits per heavy atom. The number of fused-ring (bicyclic) bond motifs is 1. The van der Waals surface area contributed by atoms with Crippen molar-refractivity contribution in [1.29, 1.82) is 0 Å². The monoisotopic (exact) mass is 318 g/mol. The molecular weight excluding hydrogens is 288 g/mol. The molecule has 0 amide bonds. The van der Waals surface area contributed by atoms with E-state index in [1.807, 2.05) is 6.92 Å². The molecule has 0 heterocycles. The van der Waals surface area contributed by atoms with Gasteiger partial charge in [-0.3, -0.25) is 4.79 Å². The molecule has 3 nitrogen and oxygen atoms in total. The molecule has 0 unspecified atom stereocenters. The van der Waals surface area contributed by atoms with Crippen LogP contribution < -0.4 is 0 Å². The van der Waals surface area contributed by atoms with Crippen molar-refractivity contribution in [3.63, 3.8) is 0 Å². The lowest BCUT2D eigenvalue weighted by molar-refractivity contribution is -0.133. The van der Waals surface area contributed by atoms with Gasteiger partial charge in [-0.1, -0.05) is 31.6 Å². The average molecular weight is 318 g/mol. The van der Waals surface area contributed by atoms with Crippen LogP contribution in [0.25, 0.3) is 0 Å². The van der Waals surface area contributed by atoms with Gasteiger partial charge < -0.3 is 9.90 Å². The maximum Gasteiger partial charge on any atom is 0.146 e. The predicted octanol–water partition coefficient (Wildman–Crippen LogP) is 3.86. The highest BCUT2D eigenvalue weighted by Gasteiger charge is 2.64. The molecule has 5 atom stereocenters. The number of hydrogen-bond donors (Lipinski definition) is 1. The van der Waals surface area contributed by atoms with Gasteiger partial charge in [0.15, 0.2) is 0 Å². The first kappa shape index (κ1) is 18.1. The van der Waals surface area contributed by atoms with Crippen LogP contribution in [0.15, 0.2) is 23.3 Å². The van der Waals surface area contributed by atoms with Crippen LogP contribution in [0.5, 0.6) is 0 Å². The quantitative estimate of drug-likeness (QED) is 0.597. The summed E-state index contributed by atoms with van der Waals surface area (Å²) in [6.45, 7) is 8.36. The van der Waals surface area contributed by atoms with Gasteiger partial charge in [0.05, 0.1) is 11.5 Å². The topological polar surface area (TPSA) is 54.4 Å². The van der Waals surface area contributed by atoms with Crippen molar-refractivity contribution in [1.82, 2.24) is 0 Å². The Hall–Kier alpha value is -1.22. The van der Waals surface area contributed by atoms with Crippen molar-refractivity contribution < 1.29 is 14.7 Å². The molecule has 2 aliphatic carbocycles. The molecule has 0 aromatic heterocycles. The van der Waals surface area contributed by atoms with E-state index in [0.29, 0.717) is 17.9 Å². The van der Waals surface area contributed by atoms with Crippen LogP contribution in [-0.4, -0.2) is 23.8 Å². The minimum atomic E-state index is -0.823.